The van der Waals surface area contributed by atoms with Gasteiger partial charge < -0.3 is 4.90 Å². The minimum atomic E-state index is -3.61. The Morgan fingerprint density at radius 1 is 1.50 bits per heavy atom. The van der Waals surface area contributed by atoms with Gasteiger partial charge in [0, 0.05) is 38.7 Å². The van der Waals surface area contributed by atoms with Crippen molar-refractivity contribution in [1.29, 1.82) is 5.26 Å². The quantitative estimate of drug-likeness (QED) is 0.842. The van der Waals surface area contributed by atoms with Crippen molar-refractivity contribution in [2.45, 2.75) is 37.6 Å². The molecule has 1 amide bonds. The Morgan fingerprint density at radius 3 is 2.77 bits per heavy atom. The second kappa shape index (κ2) is 6.07. The summed E-state index contributed by atoms with van der Waals surface area (Å²) < 4.78 is 26.1. The molecule has 2 rings (SSSR count). The molecule has 0 saturated carbocycles. The molecule has 1 atom stereocenters. The summed E-state index contributed by atoms with van der Waals surface area (Å²) in [5, 5.41) is 8.58. The number of fused-ring (bicyclic) bond motifs is 1. The third-order valence-corrected chi connectivity index (χ3v) is 5.71. The fourth-order valence-electron chi connectivity index (χ4n) is 2.76. The third kappa shape index (κ3) is 2.85. The predicted molar refractivity (Wildman–Crippen MR) is 82.8 cm³/mol. The van der Waals surface area contributed by atoms with Crippen LogP contribution in [0.3, 0.4) is 0 Å². The van der Waals surface area contributed by atoms with E-state index in [1.165, 1.54) is 24.3 Å². The molecular weight excluding hydrogens is 302 g/mol. The Morgan fingerprint density at radius 2 is 2.18 bits per heavy atom. The molecular formula is C15H19N3O3S. The van der Waals surface area contributed by atoms with Crippen molar-refractivity contribution >= 4 is 21.6 Å². The molecule has 0 saturated heterocycles. The molecule has 1 aromatic rings. The first-order valence-electron chi connectivity index (χ1n) is 7.05. The van der Waals surface area contributed by atoms with Crippen LogP contribution in [0.1, 0.15) is 25.8 Å². The van der Waals surface area contributed by atoms with Gasteiger partial charge in [-0.05, 0) is 37.1 Å². The first kappa shape index (κ1) is 16.5. The number of carbonyl (C=O) groups excluding carboxylic acids is 1. The van der Waals surface area contributed by atoms with Crippen molar-refractivity contribution in [3.63, 3.8) is 0 Å². The molecule has 0 aliphatic carbocycles. The van der Waals surface area contributed by atoms with Crippen molar-refractivity contribution in [3.8, 4) is 6.07 Å². The smallest absolute Gasteiger partial charge is 0.242 e. The molecule has 0 N–H and O–H groups in total. The van der Waals surface area contributed by atoms with Gasteiger partial charge in [-0.2, -0.15) is 9.57 Å². The van der Waals surface area contributed by atoms with Gasteiger partial charge in [0.2, 0.25) is 15.9 Å². The number of hydrogen-bond acceptors (Lipinski definition) is 4. The van der Waals surface area contributed by atoms with Crippen molar-refractivity contribution in [1.82, 2.24) is 4.31 Å². The second-order valence-corrected chi connectivity index (χ2v) is 7.51. The average molecular weight is 321 g/mol. The summed E-state index contributed by atoms with van der Waals surface area (Å²) >= 11 is 0. The Labute approximate surface area is 131 Å². The molecule has 118 valence electrons. The molecule has 0 aromatic heterocycles. The lowest BCUT2D eigenvalue weighted by Gasteiger charge is -2.21. The van der Waals surface area contributed by atoms with Gasteiger partial charge in [0.15, 0.2) is 0 Å². The average Bonchev–Trinajstić information content (AvgIpc) is 2.79. The second-order valence-electron chi connectivity index (χ2n) is 5.47. The molecule has 0 bridgehead atoms. The summed E-state index contributed by atoms with van der Waals surface area (Å²) in [4.78, 5) is 13.6. The fraction of sp³-hybridized carbons (Fsp3) is 0.467. The van der Waals surface area contributed by atoms with Crippen LogP contribution in [0.2, 0.25) is 0 Å². The van der Waals surface area contributed by atoms with Gasteiger partial charge in [-0.15, -0.1) is 0 Å². The monoisotopic (exact) mass is 321 g/mol. The molecule has 0 unspecified atom stereocenters. The zero-order valence-corrected chi connectivity index (χ0v) is 13.7. The summed E-state index contributed by atoms with van der Waals surface area (Å²) in [7, 11) is -2.15. The van der Waals surface area contributed by atoms with Crippen LogP contribution in [0, 0.1) is 11.3 Å². The molecule has 0 spiro atoms. The lowest BCUT2D eigenvalue weighted by atomic mass is 10.1. The highest BCUT2D eigenvalue weighted by molar-refractivity contribution is 7.89. The maximum Gasteiger partial charge on any atom is 0.242 e. The van der Waals surface area contributed by atoms with Crippen LogP contribution in [0.5, 0.6) is 0 Å². The SMILES string of the molecule is CC(=O)N1c2ccc(S(=O)(=O)N(C)CCC#N)cc2C[C@@H]1C. The van der Waals surface area contributed by atoms with Crippen LogP contribution in [-0.2, 0) is 21.2 Å². The Bertz CT molecular complexity index is 737. The fourth-order valence-corrected chi connectivity index (χ4v) is 3.98. The van der Waals surface area contributed by atoms with Crippen molar-refractivity contribution < 1.29 is 13.2 Å². The first-order valence-corrected chi connectivity index (χ1v) is 8.49. The summed E-state index contributed by atoms with van der Waals surface area (Å²) in [5.74, 6) is -0.0482. The van der Waals surface area contributed by atoms with Gasteiger partial charge in [0.25, 0.3) is 0 Å². The minimum absolute atomic E-state index is 0.0294. The maximum absolute atomic E-state index is 12.5. The standard InChI is InChI=1S/C15H19N3O3S/c1-11-9-13-10-14(5-6-15(13)18(11)12(2)19)22(20,21)17(3)8-4-7-16/h5-6,10-11H,4,8-9H2,1-3H3/t11-/m0/s1. The van der Waals surface area contributed by atoms with Crippen LogP contribution in [0.25, 0.3) is 0 Å². The number of amides is 1. The zero-order chi connectivity index (χ0) is 16.5. The Balaban J connectivity index is 2.36. The highest BCUT2D eigenvalue weighted by Gasteiger charge is 2.31. The molecule has 1 aromatic carbocycles. The van der Waals surface area contributed by atoms with Gasteiger partial charge in [-0.25, -0.2) is 8.42 Å². The van der Waals surface area contributed by atoms with Crippen molar-refractivity contribution in [2.75, 3.05) is 18.5 Å². The van der Waals surface area contributed by atoms with E-state index in [1.807, 2.05) is 13.0 Å². The molecule has 0 fully saturated rings. The number of nitrogens with zero attached hydrogens (tertiary/aromatic N) is 3. The molecule has 7 heteroatoms. The van der Waals surface area contributed by atoms with Crippen LogP contribution in [0.4, 0.5) is 5.69 Å². The van der Waals surface area contributed by atoms with Crippen LogP contribution >= 0.6 is 0 Å². The van der Waals surface area contributed by atoms with E-state index in [0.29, 0.717) is 6.42 Å². The number of rotatable bonds is 4. The molecule has 0 radical (unpaired) electrons. The van der Waals surface area contributed by atoms with E-state index in [0.717, 1.165) is 11.3 Å². The Kier molecular flexibility index (Phi) is 4.54. The Hall–Kier alpha value is -1.91. The predicted octanol–water partition coefficient (Wildman–Crippen LogP) is 1.52. The van der Waals surface area contributed by atoms with Crippen LogP contribution < -0.4 is 4.90 Å². The van der Waals surface area contributed by atoms with E-state index in [2.05, 4.69) is 0 Å². The highest BCUT2D eigenvalue weighted by Crippen LogP contribution is 2.34. The summed E-state index contributed by atoms with van der Waals surface area (Å²) in [6, 6.07) is 6.80. The summed E-state index contributed by atoms with van der Waals surface area (Å²) in [6.07, 6.45) is 0.788. The number of sulfonamides is 1. The van der Waals surface area contributed by atoms with Crippen LogP contribution in [0.15, 0.2) is 23.1 Å². The van der Waals surface area contributed by atoms with Gasteiger partial charge in [-0.1, -0.05) is 0 Å². The van der Waals surface area contributed by atoms with E-state index in [1.54, 1.807) is 17.0 Å². The minimum Gasteiger partial charge on any atom is -0.309 e. The summed E-state index contributed by atoms with van der Waals surface area (Å²) in [5.41, 5.74) is 1.64. The number of benzene rings is 1. The number of anilines is 1. The van der Waals surface area contributed by atoms with E-state index in [4.69, 9.17) is 5.26 Å². The van der Waals surface area contributed by atoms with Gasteiger partial charge in [0.05, 0.1) is 11.0 Å². The van der Waals surface area contributed by atoms with Crippen LogP contribution in [-0.4, -0.2) is 38.3 Å². The first-order chi connectivity index (χ1) is 10.3. The molecule has 1 aliphatic heterocycles. The lowest BCUT2D eigenvalue weighted by molar-refractivity contribution is -0.116. The van der Waals surface area contributed by atoms with Crippen molar-refractivity contribution in [2.24, 2.45) is 0 Å². The van der Waals surface area contributed by atoms with E-state index >= 15 is 0 Å². The highest BCUT2D eigenvalue weighted by atomic mass is 32.2. The molecule has 1 heterocycles. The molecule has 6 nitrogen and oxygen atoms in total. The largest absolute Gasteiger partial charge is 0.309 e. The topological polar surface area (TPSA) is 81.5 Å². The molecule has 22 heavy (non-hydrogen) atoms. The van der Waals surface area contributed by atoms with E-state index in [9.17, 15) is 13.2 Å². The van der Waals surface area contributed by atoms with E-state index < -0.39 is 10.0 Å². The summed E-state index contributed by atoms with van der Waals surface area (Å²) in [6.45, 7) is 3.60. The molecule has 1 aliphatic rings. The van der Waals surface area contributed by atoms with Gasteiger partial charge in [-0.3, -0.25) is 4.79 Å². The third-order valence-electron chi connectivity index (χ3n) is 3.85. The lowest BCUT2D eigenvalue weighted by Crippen LogP contribution is -2.33. The van der Waals surface area contributed by atoms with Gasteiger partial charge in [0.1, 0.15) is 0 Å². The number of hydrogen-bond donors (Lipinski definition) is 0. The number of carbonyl (C=O) groups is 1. The normalized spacial score (nSPS) is 17.4. The van der Waals surface area contributed by atoms with Crippen molar-refractivity contribution in [3.05, 3.63) is 23.8 Å². The van der Waals surface area contributed by atoms with Gasteiger partial charge >= 0.3 is 0 Å². The maximum atomic E-state index is 12.5. The number of nitriles is 1. The zero-order valence-electron chi connectivity index (χ0n) is 12.9. The van der Waals surface area contributed by atoms with E-state index in [-0.39, 0.29) is 29.8 Å².